The van der Waals surface area contributed by atoms with Crippen LogP contribution in [-0.2, 0) is 15.9 Å². The topological polar surface area (TPSA) is 44.5 Å². The number of nitrogens with two attached hydrogens (primary N) is 1. The molecular weight excluding hydrogens is 250 g/mol. The molecule has 3 heteroatoms. The summed E-state index contributed by atoms with van der Waals surface area (Å²) in [5, 5.41) is 0. The first-order valence-electron chi connectivity index (χ1n) is 7.58. The quantitative estimate of drug-likeness (QED) is 0.705. The van der Waals surface area contributed by atoms with Crippen molar-refractivity contribution in [2.45, 2.75) is 46.3 Å². The highest BCUT2D eigenvalue weighted by Crippen LogP contribution is 2.17. The van der Waals surface area contributed by atoms with Crippen molar-refractivity contribution in [1.29, 1.82) is 0 Å². The molecule has 1 rings (SSSR count). The van der Waals surface area contributed by atoms with Crippen LogP contribution in [0, 0.1) is 5.92 Å². The third-order valence-corrected chi connectivity index (χ3v) is 3.34. The highest BCUT2D eigenvalue weighted by atomic mass is 16.5. The predicted molar refractivity (Wildman–Crippen MR) is 83.8 cm³/mol. The minimum Gasteiger partial charge on any atom is -0.379 e. The van der Waals surface area contributed by atoms with Crippen molar-refractivity contribution in [2.75, 3.05) is 19.8 Å². The Morgan fingerprint density at radius 2 is 1.70 bits per heavy atom. The monoisotopic (exact) mass is 279 g/mol. The van der Waals surface area contributed by atoms with Crippen molar-refractivity contribution in [2.24, 2.45) is 11.7 Å². The maximum absolute atomic E-state index is 6.23. The van der Waals surface area contributed by atoms with E-state index in [1.54, 1.807) is 0 Å². The minimum absolute atomic E-state index is 0.00914. The van der Waals surface area contributed by atoms with E-state index in [0.717, 1.165) is 18.6 Å². The molecule has 0 heterocycles. The SMILES string of the molecule is CCc1ccc(C(N)C(C)OCCOCC(C)C)cc1. The Morgan fingerprint density at radius 1 is 1.05 bits per heavy atom. The van der Waals surface area contributed by atoms with Crippen molar-refractivity contribution in [3.63, 3.8) is 0 Å². The zero-order chi connectivity index (χ0) is 15.0. The highest BCUT2D eigenvalue weighted by molar-refractivity contribution is 5.25. The van der Waals surface area contributed by atoms with Gasteiger partial charge in [-0.1, -0.05) is 45.0 Å². The first-order valence-corrected chi connectivity index (χ1v) is 7.58. The fourth-order valence-corrected chi connectivity index (χ4v) is 1.96. The van der Waals surface area contributed by atoms with Crippen molar-refractivity contribution in [3.05, 3.63) is 35.4 Å². The van der Waals surface area contributed by atoms with Crippen molar-refractivity contribution >= 4 is 0 Å². The average molecular weight is 279 g/mol. The van der Waals surface area contributed by atoms with E-state index in [-0.39, 0.29) is 12.1 Å². The van der Waals surface area contributed by atoms with E-state index in [1.165, 1.54) is 5.56 Å². The zero-order valence-electron chi connectivity index (χ0n) is 13.3. The molecule has 0 radical (unpaired) electrons. The molecule has 0 spiro atoms. The summed E-state index contributed by atoms with van der Waals surface area (Å²) in [7, 11) is 0. The average Bonchev–Trinajstić information content (AvgIpc) is 2.45. The smallest absolute Gasteiger partial charge is 0.0740 e. The second-order valence-corrected chi connectivity index (χ2v) is 5.67. The number of ether oxygens (including phenoxy) is 2. The largest absolute Gasteiger partial charge is 0.379 e. The Morgan fingerprint density at radius 3 is 2.25 bits per heavy atom. The Labute approximate surface area is 123 Å². The number of hydrogen-bond acceptors (Lipinski definition) is 3. The molecule has 1 aromatic rings. The summed E-state index contributed by atoms with van der Waals surface area (Å²) in [6.45, 7) is 10.4. The molecule has 3 nitrogen and oxygen atoms in total. The third-order valence-electron chi connectivity index (χ3n) is 3.34. The lowest BCUT2D eigenvalue weighted by Gasteiger charge is -2.21. The molecule has 0 aliphatic carbocycles. The van der Waals surface area contributed by atoms with E-state index in [2.05, 4.69) is 45.0 Å². The molecule has 0 fully saturated rings. The van der Waals surface area contributed by atoms with Crippen molar-refractivity contribution in [3.8, 4) is 0 Å². The van der Waals surface area contributed by atoms with E-state index in [4.69, 9.17) is 15.2 Å². The van der Waals surface area contributed by atoms with Gasteiger partial charge in [0.1, 0.15) is 0 Å². The second-order valence-electron chi connectivity index (χ2n) is 5.67. The van der Waals surface area contributed by atoms with Gasteiger partial charge in [0, 0.05) is 6.61 Å². The van der Waals surface area contributed by atoms with Crippen LogP contribution in [0.1, 0.15) is 44.9 Å². The number of benzene rings is 1. The molecule has 0 saturated carbocycles. The standard InChI is InChI=1S/C17H29NO2/c1-5-15-6-8-16(9-7-15)17(18)14(4)20-11-10-19-12-13(2)3/h6-9,13-14,17H,5,10-12,18H2,1-4H3. The van der Waals surface area contributed by atoms with Crippen LogP contribution in [-0.4, -0.2) is 25.9 Å². The molecule has 114 valence electrons. The molecule has 0 aromatic heterocycles. The van der Waals surface area contributed by atoms with E-state index >= 15 is 0 Å². The van der Waals surface area contributed by atoms with Crippen LogP contribution in [0.2, 0.25) is 0 Å². The van der Waals surface area contributed by atoms with Gasteiger partial charge in [0.15, 0.2) is 0 Å². The fraction of sp³-hybridized carbons (Fsp3) is 0.647. The van der Waals surface area contributed by atoms with Gasteiger partial charge in [0.2, 0.25) is 0 Å². The van der Waals surface area contributed by atoms with Crippen LogP contribution < -0.4 is 5.73 Å². The van der Waals surface area contributed by atoms with E-state index in [0.29, 0.717) is 19.1 Å². The molecule has 0 saturated heterocycles. The Kier molecular flexibility index (Phi) is 7.82. The molecule has 0 bridgehead atoms. The van der Waals surface area contributed by atoms with Gasteiger partial charge in [-0.25, -0.2) is 0 Å². The van der Waals surface area contributed by atoms with Crippen LogP contribution in [0.3, 0.4) is 0 Å². The summed E-state index contributed by atoms with van der Waals surface area (Å²) in [5.74, 6) is 0.562. The summed E-state index contributed by atoms with van der Waals surface area (Å²) < 4.78 is 11.2. The van der Waals surface area contributed by atoms with Gasteiger partial charge in [-0.15, -0.1) is 0 Å². The molecule has 1 aromatic carbocycles. The van der Waals surface area contributed by atoms with Gasteiger partial charge >= 0.3 is 0 Å². The summed E-state index contributed by atoms with van der Waals surface area (Å²) in [4.78, 5) is 0. The van der Waals surface area contributed by atoms with E-state index < -0.39 is 0 Å². The second kappa shape index (κ2) is 9.11. The van der Waals surface area contributed by atoms with Gasteiger partial charge in [-0.3, -0.25) is 0 Å². The predicted octanol–water partition coefficient (Wildman–Crippen LogP) is 3.33. The van der Waals surface area contributed by atoms with Gasteiger partial charge in [0.25, 0.3) is 0 Å². The molecule has 2 atom stereocenters. The summed E-state index contributed by atoms with van der Waals surface area (Å²) in [5.41, 5.74) is 8.68. The lowest BCUT2D eigenvalue weighted by Crippen LogP contribution is -2.27. The molecule has 0 aliphatic heterocycles. The number of aryl methyl sites for hydroxylation is 1. The first-order chi connectivity index (χ1) is 9.54. The summed E-state index contributed by atoms with van der Waals surface area (Å²) in [6, 6.07) is 8.37. The van der Waals surface area contributed by atoms with Crippen LogP contribution in [0.5, 0.6) is 0 Å². The maximum Gasteiger partial charge on any atom is 0.0740 e. The highest BCUT2D eigenvalue weighted by Gasteiger charge is 2.15. The third kappa shape index (κ3) is 6.04. The fourth-order valence-electron chi connectivity index (χ4n) is 1.96. The molecule has 2 unspecified atom stereocenters. The number of rotatable bonds is 9. The van der Waals surface area contributed by atoms with Gasteiger partial charge in [0.05, 0.1) is 25.4 Å². The number of hydrogen-bond donors (Lipinski definition) is 1. The molecule has 0 amide bonds. The van der Waals surface area contributed by atoms with Crippen LogP contribution in [0.15, 0.2) is 24.3 Å². The van der Waals surface area contributed by atoms with Gasteiger partial charge in [-0.05, 0) is 30.4 Å². The maximum atomic E-state index is 6.23. The lowest BCUT2D eigenvalue weighted by atomic mass is 10.0. The van der Waals surface area contributed by atoms with Crippen LogP contribution in [0.4, 0.5) is 0 Å². The van der Waals surface area contributed by atoms with E-state index in [9.17, 15) is 0 Å². The molecular formula is C17H29NO2. The Bertz CT molecular complexity index is 362. The van der Waals surface area contributed by atoms with Gasteiger partial charge < -0.3 is 15.2 Å². The summed E-state index contributed by atoms with van der Waals surface area (Å²) >= 11 is 0. The van der Waals surface area contributed by atoms with Crippen molar-refractivity contribution < 1.29 is 9.47 Å². The molecule has 20 heavy (non-hydrogen) atoms. The zero-order valence-corrected chi connectivity index (χ0v) is 13.3. The van der Waals surface area contributed by atoms with Crippen molar-refractivity contribution in [1.82, 2.24) is 0 Å². The van der Waals surface area contributed by atoms with Crippen LogP contribution in [0.25, 0.3) is 0 Å². The molecule has 2 N–H and O–H groups in total. The van der Waals surface area contributed by atoms with Gasteiger partial charge in [-0.2, -0.15) is 0 Å². The van der Waals surface area contributed by atoms with Crippen LogP contribution >= 0.6 is 0 Å². The minimum atomic E-state index is -0.0917. The Balaban J connectivity index is 2.32. The summed E-state index contributed by atoms with van der Waals surface area (Å²) in [6.07, 6.45) is 1.04. The Hall–Kier alpha value is -0.900. The first kappa shape index (κ1) is 17.2. The lowest BCUT2D eigenvalue weighted by molar-refractivity contribution is -0.00317. The van der Waals surface area contributed by atoms with E-state index in [1.807, 2.05) is 6.92 Å². The normalized spacial score (nSPS) is 14.5. The molecule has 0 aliphatic rings.